The van der Waals surface area contributed by atoms with E-state index in [2.05, 4.69) is 63.8 Å². The summed E-state index contributed by atoms with van der Waals surface area (Å²) in [6.45, 7) is 16.8. The molecule has 4 unspecified atom stereocenters. The van der Waals surface area contributed by atoms with Crippen molar-refractivity contribution in [3.63, 3.8) is 0 Å². The second-order valence-electron chi connectivity index (χ2n) is 34.3. The number of methoxy groups -OCH3 is 3. The molecule has 12 atom stereocenters. The highest BCUT2D eigenvalue weighted by molar-refractivity contribution is 8.00. The normalized spacial score (nSPS) is 15.7. The van der Waals surface area contributed by atoms with Crippen LogP contribution in [0.3, 0.4) is 0 Å². The second kappa shape index (κ2) is 74.0. The van der Waals surface area contributed by atoms with E-state index >= 15 is 0 Å². The lowest BCUT2D eigenvalue weighted by Gasteiger charge is -2.41. The van der Waals surface area contributed by atoms with Crippen LogP contribution in [0.25, 0.3) is 0 Å². The highest BCUT2D eigenvalue weighted by atomic mass is 32.2. The molecule has 0 saturated carbocycles. The molecule has 2 aliphatic rings. The number of hydrogen-bond acceptors (Lipinski definition) is 33. The van der Waals surface area contributed by atoms with Crippen molar-refractivity contribution in [2.24, 2.45) is 23.7 Å². The largest absolute Gasteiger partial charge is 0.464 e. The van der Waals surface area contributed by atoms with Gasteiger partial charge in [0.25, 0.3) is 0 Å². The van der Waals surface area contributed by atoms with Crippen LogP contribution in [0.4, 0.5) is 4.79 Å². The summed E-state index contributed by atoms with van der Waals surface area (Å²) in [6, 6.07) is 2.74. The summed E-state index contributed by atoms with van der Waals surface area (Å²) >= 11 is 1.29. The smallest absolute Gasteiger partial charge is 0.407 e. The van der Waals surface area contributed by atoms with Crippen molar-refractivity contribution in [1.29, 1.82) is 0 Å². The minimum Gasteiger partial charge on any atom is -0.464 e. The predicted octanol–water partition coefficient (Wildman–Crippen LogP) is -2.72. The number of carbonyl (C=O) groups excluding carboxylic acids is 17. The van der Waals surface area contributed by atoms with Crippen LogP contribution in [0, 0.1) is 23.7 Å². The first kappa shape index (κ1) is 125. The summed E-state index contributed by atoms with van der Waals surface area (Å²) in [7, 11) is 9.89. The van der Waals surface area contributed by atoms with Crippen LogP contribution in [-0.2, 0) is 149 Å². The molecule has 2 heterocycles. The predicted molar refractivity (Wildman–Crippen MR) is 515 cm³/mol. The van der Waals surface area contributed by atoms with Crippen molar-refractivity contribution in [3.8, 4) is 0 Å². The molecule has 2 aliphatic heterocycles. The number of likely N-dealkylation sites (tertiary alicyclic amines) is 2. The van der Waals surface area contributed by atoms with E-state index in [1.807, 2.05) is 78.7 Å². The molecule has 141 heavy (non-hydrogen) atoms. The lowest BCUT2D eigenvalue weighted by molar-refractivity contribution is -0.148. The molecule has 47 nitrogen and oxygen atoms in total. The van der Waals surface area contributed by atoms with E-state index in [1.165, 1.54) is 32.9 Å². The van der Waals surface area contributed by atoms with E-state index in [4.69, 9.17) is 66.3 Å². The standard InChI is InChI=1S/C93H158N16O31S/c1-16-64(6)84(107(11)91(124)82(62(2)3)105-89(122)83(63(4)5)106(9)10)71(128-13)55-80(117)108-32-20-24-70(108)85(129-14)65(7)86(119)104-68(54-67-22-18-17-19-23-67)87(120)95-28-21-34-139-92(125)66(8)102-75(112)25-29-97-93(126)140-61-69(88(121)96-31-37-132-42-43-134-46-47-136-50-51-138-53-52-137-49-48-135-45-44-133-39-38-127-12)103-79(116)60-101-78(115)59-100-77(114)58-99-76(113)57-98-74(111)27-35-130-40-41-131-36-30-94-73(110)26-33-109-81(118)56-72(141-15)90(109)123/h17-19,22-23,62-66,68-72,82-85H,16,20-21,24-61H2,1-15H3,(H,94,110)(H,95,120)(H,96,121)(H,97,126)(H,98,111)(H,99,113)(H,100,114)(H,101,115)(H,102,112)(H,103,116)(H,104,119)(H,105,122)/t64-,65+,66?,68-,69?,70-,71+,72?,82?,83-,84-,85+/m0/s1. The van der Waals surface area contributed by atoms with Gasteiger partial charge >= 0.3 is 12.1 Å². The topological polar surface area (TPSA) is 577 Å². The zero-order valence-corrected chi connectivity index (χ0v) is 85.6. The number of nitrogens with one attached hydrogen (secondary N) is 12. The summed E-state index contributed by atoms with van der Waals surface area (Å²) in [4.78, 5) is 230. The van der Waals surface area contributed by atoms with Crippen molar-refractivity contribution in [3.05, 3.63) is 35.9 Å². The number of alkyl carbamates (subject to hydrolysis) is 1. The Bertz CT molecular complexity index is 3920. The van der Waals surface area contributed by atoms with Gasteiger partial charge in [0.15, 0.2) is 0 Å². The Morgan fingerprint density at radius 1 is 0.489 bits per heavy atom. The first-order valence-corrected chi connectivity index (χ1v) is 49.4. The number of thioether (sulfide) groups is 1. The Balaban J connectivity index is 1.48. The van der Waals surface area contributed by atoms with Crippen molar-refractivity contribution in [1.82, 2.24) is 83.4 Å². The maximum atomic E-state index is 14.6. The van der Waals surface area contributed by atoms with E-state index < -0.39 is 164 Å². The van der Waals surface area contributed by atoms with Gasteiger partial charge in [-0.15, -0.1) is 0 Å². The van der Waals surface area contributed by atoms with E-state index in [0.29, 0.717) is 91.9 Å². The average molecular weight is 2030 g/mol. The molecular weight excluding hydrogens is 1870 g/mol. The van der Waals surface area contributed by atoms with Gasteiger partial charge < -0.3 is 140 Å². The van der Waals surface area contributed by atoms with Crippen LogP contribution in [0.2, 0.25) is 0 Å². The molecule has 2 saturated heterocycles. The SMILES string of the molecule is CC[C@H](C)[C@@H]([C@@H](CC(=O)N1CCC[C@H]1[C@H](OC)[C@@H](C)C(=O)N[C@@H](Cc1ccccc1)C(=O)NCCCOC(=O)C(C)NC(=O)CCNC(=O)OCC(NC(=O)CNC(=O)CNC(=O)CNC(=O)CNC(=O)CCOCCOCCNC(=O)CCN1C(=O)CC(SC)C1=O)C(=O)NCCOCCOCCOCCOCCOCCOCCOCCOC)OC)N(C)C(=O)C(NC(=O)[C@H](C(C)C)N(C)C)C(C)C. The quantitative estimate of drug-likeness (QED) is 0.0179. The molecule has 0 spiro atoms. The fraction of sp³-hybridized carbons (Fsp3) is 0.753. The summed E-state index contributed by atoms with van der Waals surface area (Å²) in [5, 5.41) is 29.9. The van der Waals surface area contributed by atoms with Crippen LogP contribution >= 0.6 is 11.8 Å². The Labute approximate surface area is 831 Å². The van der Waals surface area contributed by atoms with Crippen LogP contribution in [0.15, 0.2) is 30.3 Å². The molecule has 3 rings (SSSR count). The van der Waals surface area contributed by atoms with Crippen LogP contribution in [0.1, 0.15) is 119 Å². The monoisotopic (exact) mass is 2030 g/mol. The van der Waals surface area contributed by atoms with E-state index in [9.17, 15) is 81.5 Å². The first-order valence-electron chi connectivity index (χ1n) is 48.1. The highest BCUT2D eigenvalue weighted by Crippen LogP contribution is 2.31. The molecule has 12 N–H and O–H groups in total. The summed E-state index contributed by atoms with van der Waals surface area (Å²) in [6.07, 6.45) is 0.526. The molecule has 1 aromatic carbocycles. The Hall–Kier alpha value is -9.96. The first-order chi connectivity index (χ1) is 67.5. The van der Waals surface area contributed by atoms with Crippen LogP contribution in [0.5, 0.6) is 0 Å². The molecule has 1 aromatic rings. The van der Waals surface area contributed by atoms with Gasteiger partial charge in [-0.3, -0.25) is 81.7 Å². The number of rotatable bonds is 79. The zero-order chi connectivity index (χ0) is 104. The number of amides is 16. The van der Waals surface area contributed by atoms with Crippen molar-refractivity contribution < 1.29 is 148 Å². The third-order valence-corrected chi connectivity index (χ3v) is 23.5. The van der Waals surface area contributed by atoms with E-state index in [0.717, 1.165) is 10.5 Å². The Kier molecular flexibility index (Phi) is 65.7. The third-order valence-electron chi connectivity index (χ3n) is 22.6. The Morgan fingerprint density at radius 3 is 1.51 bits per heavy atom. The number of carbonyl (C=O) groups is 17. The minimum atomic E-state index is -1.57. The van der Waals surface area contributed by atoms with Crippen molar-refractivity contribution in [2.75, 3.05) is 253 Å². The Morgan fingerprint density at radius 2 is 1.00 bits per heavy atom. The maximum absolute atomic E-state index is 14.6. The number of hydrogen-bond donors (Lipinski definition) is 12. The number of benzene rings is 1. The molecule has 802 valence electrons. The molecular formula is C93H158N16O31S. The fourth-order valence-corrected chi connectivity index (χ4v) is 15.5. The van der Waals surface area contributed by atoms with E-state index in [1.54, 1.807) is 49.3 Å². The van der Waals surface area contributed by atoms with Crippen molar-refractivity contribution in [2.45, 2.75) is 179 Å². The van der Waals surface area contributed by atoms with Gasteiger partial charge in [-0.05, 0) is 69.9 Å². The summed E-state index contributed by atoms with van der Waals surface area (Å²) in [5.41, 5.74) is 0.742. The molecule has 2 fully saturated rings. The van der Waals surface area contributed by atoms with Gasteiger partial charge in [-0.25, -0.2) is 9.59 Å². The van der Waals surface area contributed by atoms with Gasteiger partial charge in [0.05, 0.1) is 206 Å². The van der Waals surface area contributed by atoms with Gasteiger partial charge in [0.1, 0.15) is 30.8 Å². The van der Waals surface area contributed by atoms with E-state index in [-0.39, 0.29) is 197 Å². The van der Waals surface area contributed by atoms with Crippen LogP contribution < -0.4 is 63.8 Å². The van der Waals surface area contributed by atoms with Gasteiger partial charge in [0, 0.05) is 99.7 Å². The molecule has 0 radical (unpaired) electrons. The third kappa shape index (κ3) is 52.2. The van der Waals surface area contributed by atoms with Crippen molar-refractivity contribution >= 4 is 112 Å². The number of likely N-dealkylation sites (N-methyl/N-ethyl adjacent to an activating group) is 2. The fourth-order valence-electron chi connectivity index (χ4n) is 14.8. The van der Waals surface area contributed by atoms with Crippen LogP contribution in [-0.4, -0.2) is 433 Å². The lowest BCUT2D eigenvalue weighted by Crippen LogP contribution is -2.59. The maximum Gasteiger partial charge on any atom is 0.407 e. The number of imide groups is 1. The zero-order valence-electron chi connectivity index (χ0n) is 84.8. The lowest BCUT2D eigenvalue weighted by atomic mass is 9.89. The number of nitrogens with zero attached hydrogens (tertiary/aromatic N) is 4. The number of esters is 1. The molecule has 48 heteroatoms. The van der Waals surface area contributed by atoms with Gasteiger partial charge in [0.2, 0.25) is 88.6 Å². The summed E-state index contributed by atoms with van der Waals surface area (Å²) in [5.74, 6) is -10.4. The highest BCUT2D eigenvalue weighted by Gasteiger charge is 2.45. The van der Waals surface area contributed by atoms with Gasteiger partial charge in [-0.2, -0.15) is 11.8 Å². The number of ether oxygens (including phenoxy) is 14. The molecule has 0 bridgehead atoms. The summed E-state index contributed by atoms with van der Waals surface area (Å²) < 4.78 is 76.8. The molecule has 0 aliphatic carbocycles. The van der Waals surface area contributed by atoms with Gasteiger partial charge in [-0.1, -0.05) is 85.2 Å². The molecule has 0 aromatic heterocycles. The molecule has 16 amide bonds. The minimum absolute atomic E-state index is 0.00158. The second-order valence-corrected chi connectivity index (χ2v) is 35.3. The average Bonchev–Trinajstić information content (AvgIpc) is 1.69.